The fourth-order valence-corrected chi connectivity index (χ4v) is 6.57. The predicted molar refractivity (Wildman–Crippen MR) is 130 cm³/mol. The number of hydrogen-bond acceptors (Lipinski definition) is 7. The van der Waals surface area contributed by atoms with Crippen LogP contribution in [-0.4, -0.2) is 37.4 Å². The number of fused-ring (bicyclic) bond motifs is 1. The van der Waals surface area contributed by atoms with E-state index in [1.807, 2.05) is 36.4 Å². The number of thioether (sulfide) groups is 1. The molecule has 2 heterocycles. The van der Waals surface area contributed by atoms with E-state index in [4.69, 9.17) is 9.15 Å². The molecule has 0 bridgehead atoms. The highest BCUT2D eigenvalue weighted by Crippen LogP contribution is 2.47. The zero-order valence-electron chi connectivity index (χ0n) is 18.7. The van der Waals surface area contributed by atoms with E-state index in [1.54, 1.807) is 18.1 Å². The molecule has 1 N–H and O–H groups in total. The monoisotopic (exact) mass is 498 g/mol. The van der Waals surface area contributed by atoms with Crippen molar-refractivity contribution in [1.29, 1.82) is 0 Å². The molecule has 1 aliphatic carbocycles. The Labute approximate surface area is 202 Å². The van der Waals surface area contributed by atoms with E-state index in [-0.39, 0.29) is 18.4 Å². The molecule has 1 unspecified atom stereocenters. The summed E-state index contributed by atoms with van der Waals surface area (Å²) >= 11 is 1.32. The third-order valence-electron chi connectivity index (χ3n) is 6.03. The van der Waals surface area contributed by atoms with Crippen molar-refractivity contribution < 1.29 is 22.4 Å². The number of nitrogens with one attached hydrogen (secondary N) is 1. The van der Waals surface area contributed by atoms with E-state index in [1.165, 1.54) is 36.4 Å². The molecule has 1 amide bonds. The molecule has 3 aromatic rings. The number of ether oxygens (including phenoxy) is 1. The molecule has 1 radical (unpaired) electrons. The minimum atomic E-state index is -4.03. The Hall–Kier alpha value is -2.82. The molecule has 0 saturated heterocycles. The van der Waals surface area contributed by atoms with Crippen LogP contribution >= 0.6 is 11.8 Å². The number of nitrogens with zero attached hydrogens (tertiary/aromatic N) is 2. The van der Waals surface area contributed by atoms with Crippen LogP contribution in [0.5, 0.6) is 0 Å². The minimum absolute atomic E-state index is 0.147. The number of amides is 1. The molecule has 10 heteroatoms. The smallest absolute Gasteiger partial charge is 0.266 e. The molecule has 1 atom stereocenters. The summed E-state index contributed by atoms with van der Waals surface area (Å²) in [6, 6.07) is 13.6. The zero-order valence-corrected chi connectivity index (χ0v) is 20.4. The van der Waals surface area contributed by atoms with Crippen molar-refractivity contribution in [1.82, 2.24) is 10.3 Å². The molecule has 1 saturated carbocycles. The van der Waals surface area contributed by atoms with Gasteiger partial charge in [-0.1, -0.05) is 30.0 Å². The van der Waals surface area contributed by atoms with Gasteiger partial charge in [0, 0.05) is 23.6 Å². The van der Waals surface area contributed by atoms with Crippen LogP contribution in [0.15, 0.2) is 64.2 Å². The van der Waals surface area contributed by atoms with E-state index in [9.17, 15) is 13.2 Å². The second-order valence-electron chi connectivity index (χ2n) is 8.48. The molecule has 2 aromatic carbocycles. The van der Waals surface area contributed by atoms with Gasteiger partial charge in [-0.3, -0.25) is 9.10 Å². The number of aromatic nitrogens is 1. The second-order valence-corrected chi connectivity index (χ2v) is 11.6. The maximum absolute atomic E-state index is 13.6. The van der Waals surface area contributed by atoms with Crippen LogP contribution in [0, 0.1) is 5.88 Å². The number of carbonyl (C=O) groups excluding carboxylic acids is 1. The Morgan fingerprint density at radius 3 is 2.56 bits per heavy atom. The molecule has 1 aromatic heterocycles. The lowest BCUT2D eigenvalue weighted by atomic mass is 10.0. The molecule has 1 fully saturated rings. The highest BCUT2D eigenvalue weighted by Gasteiger charge is 2.48. The van der Waals surface area contributed by atoms with Gasteiger partial charge < -0.3 is 14.5 Å². The van der Waals surface area contributed by atoms with Crippen molar-refractivity contribution in [2.45, 2.75) is 42.1 Å². The molecular weight excluding hydrogens is 474 g/mol. The standard InChI is InChI=1S/C24H24N3O5S2/c1-24(31-2,14-22(28)26-19-8-9-19)34(29,30)27-15-33-21-13-18(7-10-20(21)27)16-3-5-17(6-4-16)23-25-11-12-32-23/h3-7,10-13,15,19H,8-9,14H2,1-2H3,(H,26,28). The fourth-order valence-electron chi connectivity index (χ4n) is 3.76. The first-order valence-electron chi connectivity index (χ1n) is 10.8. The molecule has 34 heavy (non-hydrogen) atoms. The van der Waals surface area contributed by atoms with Crippen LogP contribution in [0.1, 0.15) is 26.2 Å². The van der Waals surface area contributed by atoms with Gasteiger partial charge in [0.05, 0.1) is 18.3 Å². The first-order chi connectivity index (χ1) is 16.3. The van der Waals surface area contributed by atoms with Crippen LogP contribution in [0.4, 0.5) is 5.69 Å². The summed E-state index contributed by atoms with van der Waals surface area (Å²) in [4.78, 5) is 15.6. The number of hydrogen-bond donors (Lipinski definition) is 1. The predicted octanol–water partition coefficient (Wildman–Crippen LogP) is 4.40. The fraction of sp³-hybridized carbons (Fsp3) is 0.292. The number of benzene rings is 2. The van der Waals surface area contributed by atoms with Gasteiger partial charge in [0.2, 0.25) is 11.8 Å². The van der Waals surface area contributed by atoms with Crippen LogP contribution in [-0.2, 0) is 19.6 Å². The van der Waals surface area contributed by atoms with Gasteiger partial charge >= 0.3 is 0 Å². The second kappa shape index (κ2) is 8.75. The number of carbonyl (C=O) groups is 1. The third kappa shape index (κ3) is 4.21. The van der Waals surface area contributed by atoms with Crippen molar-refractivity contribution in [3.63, 3.8) is 0 Å². The molecule has 5 rings (SSSR count). The molecule has 1 aliphatic heterocycles. The molecular formula is C24H24N3O5S2. The van der Waals surface area contributed by atoms with Gasteiger partial charge in [-0.15, -0.1) is 0 Å². The van der Waals surface area contributed by atoms with E-state index < -0.39 is 15.0 Å². The Morgan fingerprint density at radius 1 is 1.21 bits per heavy atom. The van der Waals surface area contributed by atoms with Crippen molar-refractivity contribution >= 4 is 33.4 Å². The van der Waals surface area contributed by atoms with Gasteiger partial charge in [-0.05, 0) is 55.2 Å². The average Bonchev–Trinajstić information content (AvgIpc) is 3.30. The minimum Gasteiger partial charge on any atom is -0.445 e. The lowest BCUT2D eigenvalue weighted by Gasteiger charge is -2.32. The van der Waals surface area contributed by atoms with E-state index in [0.29, 0.717) is 11.6 Å². The molecule has 2 aliphatic rings. The van der Waals surface area contributed by atoms with Gasteiger partial charge in [0.1, 0.15) is 12.1 Å². The lowest BCUT2D eigenvalue weighted by molar-refractivity contribution is -0.124. The number of anilines is 1. The first-order valence-corrected chi connectivity index (χ1v) is 13.2. The van der Waals surface area contributed by atoms with Gasteiger partial charge in [-0.2, -0.15) is 0 Å². The molecule has 177 valence electrons. The van der Waals surface area contributed by atoms with E-state index >= 15 is 0 Å². The quantitative estimate of drug-likeness (QED) is 0.491. The maximum Gasteiger partial charge on any atom is 0.266 e. The van der Waals surface area contributed by atoms with Crippen molar-refractivity contribution in [3.8, 4) is 22.6 Å². The topological polar surface area (TPSA) is 102 Å². The normalized spacial score (nSPS) is 17.3. The highest BCUT2D eigenvalue weighted by molar-refractivity contribution is 8.04. The lowest BCUT2D eigenvalue weighted by Crippen LogP contribution is -2.49. The Balaban J connectivity index is 1.38. The van der Waals surface area contributed by atoms with Crippen LogP contribution in [0.2, 0.25) is 0 Å². The van der Waals surface area contributed by atoms with Crippen LogP contribution in [0.25, 0.3) is 22.6 Å². The summed E-state index contributed by atoms with van der Waals surface area (Å²) < 4.78 is 39.1. The third-order valence-corrected chi connectivity index (χ3v) is 9.28. The van der Waals surface area contributed by atoms with Gasteiger partial charge in [0.15, 0.2) is 4.93 Å². The summed E-state index contributed by atoms with van der Waals surface area (Å²) in [5, 5.41) is 2.84. The van der Waals surface area contributed by atoms with Gasteiger partial charge in [-0.25, -0.2) is 13.4 Å². The van der Waals surface area contributed by atoms with E-state index in [2.05, 4.69) is 10.3 Å². The maximum atomic E-state index is 13.6. The summed E-state index contributed by atoms with van der Waals surface area (Å²) in [6.45, 7) is 1.44. The van der Waals surface area contributed by atoms with Crippen molar-refractivity contribution in [2.75, 3.05) is 11.4 Å². The van der Waals surface area contributed by atoms with Crippen LogP contribution < -0.4 is 9.62 Å². The highest BCUT2D eigenvalue weighted by atomic mass is 32.2. The Morgan fingerprint density at radius 2 is 1.91 bits per heavy atom. The number of sulfonamides is 1. The molecule has 8 nitrogen and oxygen atoms in total. The summed E-state index contributed by atoms with van der Waals surface area (Å²) in [5.41, 5.74) is 3.35. The summed E-state index contributed by atoms with van der Waals surface area (Å²) in [6.07, 6.45) is 4.71. The van der Waals surface area contributed by atoms with Crippen molar-refractivity contribution in [3.05, 3.63) is 60.8 Å². The zero-order chi connectivity index (χ0) is 23.9. The van der Waals surface area contributed by atoms with Crippen molar-refractivity contribution in [2.24, 2.45) is 0 Å². The number of oxazole rings is 1. The molecule has 0 spiro atoms. The number of rotatable bonds is 8. The van der Waals surface area contributed by atoms with E-state index in [0.717, 1.165) is 34.4 Å². The SMILES string of the molecule is COC(C)(CC(=O)NC1CC1)S(=O)(=O)N1[CH]Sc2cc(-c3ccc(-c4ncco4)cc3)ccc21. The first kappa shape index (κ1) is 22.9. The Bertz CT molecular complexity index is 1300. The largest absolute Gasteiger partial charge is 0.445 e. The summed E-state index contributed by atoms with van der Waals surface area (Å²) in [7, 11) is -2.71. The Kier molecular flexibility index (Phi) is 5.91. The van der Waals surface area contributed by atoms with Gasteiger partial charge in [0.25, 0.3) is 10.0 Å². The number of methoxy groups -OCH3 is 1. The average molecular weight is 499 g/mol. The summed E-state index contributed by atoms with van der Waals surface area (Å²) in [5.74, 6) is 1.77. The van der Waals surface area contributed by atoms with Crippen LogP contribution in [0.3, 0.4) is 0 Å².